The fraction of sp³-hybridized carbons (Fsp3) is 0.263. The van der Waals surface area contributed by atoms with Crippen LogP contribution in [0.2, 0.25) is 0 Å². The Morgan fingerprint density at radius 3 is 2.76 bits per heavy atom. The summed E-state index contributed by atoms with van der Waals surface area (Å²) >= 11 is 0. The molecule has 150 valence electrons. The smallest absolute Gasteiger partial charge is 0.270 e. The van der Waals surface area contributed by atoms with Gasteiger partial charge in [0.25, 0.3) is 15.9 Å². The Labute approximate surface area is 167 Å². The summed E-state index contributed by atoms with van der Waals surface area (Å²) in [5, 5.41) is 5.92. The first-order valence-corrected chi connectivity index (χ1v) is 10.7. The number of aromatic nitrogens is 2. The molecule has 0 radical (unpaired) electrons. The van der Waals surface area contributed by atoms with E-state index in [1.165, 1.54) is 10.0 Å². The lowest BCUT2D eigenvalue weighted by Gasteiger charge is -2.28. The predicted molar refractivity (Wildman–Crippen MR) is 108 cm³/mol. The molecule has 0 unspecified atom stereocenters. The number of benzene rings is 1. The van der Waals surface area contributed by atoms with Crippen LogP contribution in [0.1, 0.15) is 0 Å². The van der Waals surface area contributed by atoms with Crippen molar-refractivity contribution in [1.82, 2.24) is 14.3 Å². The molecule has 0 spiro atoms. The maximum absolute atomic E-state index is 13.6. The van der Waals surface area contributed by atoms with Gasteiger partial charge in [0.05, 0.1) is 11.2 Å². The highest BCUT2D eigenvalue weighted by atomic mass is 32.2. The van der Waals surface area contributed by atoms with Gasteiger partial charge in [0.1, 0.15) is 21.8 Å². The summed E-state index contributed by atoms with van der Waals surface area (Å²) in [6, 6.07) is 8.15. The fourth-order valence-corrected chi connectivity index (χ4v) is 5.26. The molecule has 0 bridgehead atoms. The van der Waals surface area contributed by atoms with Gasteiger partial charge >= 0.3 is 0 Å². The number of anilines is 2. The summed E-state index contributed by atoms with van der Waals surface area (Å²) in [5.74, 6) is -0.0525. The normalized spacial score (nSPS) is 17.0. The van der Waals surface area contributed by atoms with Crippen LogP contribution in [0.4, 0.5) is 11.4 Å². The number of ether oxygens (including phenoxy) is 1. The van der Waals surface area contributed by atoms with Crippen molar-refractivity contribution >= 4 is 38.3 Å². The summed E-state index contributed by atoms with van der Waals surface area (Å²) in [6.45, 7) is 3.03. The molecule has 3 aromatic rings. The van der Waals surface area contributed by atoms with E-state index in [1.54, 1.807) is 36.7 Å². The molecule has 4 heterocycles. The molecule has 1 saturated heterocycles. The highest BCUT2D eigenvalue weighted by Gasteiger charge is 2.30. The van der Waals surface area contributed by atoms with Crippen LogP contribution in [-0.4, -0.2) is 56.1 Å². The summed E-state index contributed by atoms with van der Waals surface area (Å²) in [5.41, 5.74) is 2.05. The molecule has 2 aliphatic rings. The van der Waals surface area contributed by atoms with Gasteiger partial charge in [-0.3, -0.25) is 9.78 Å². The van der Waals surface area contributed by atoms with Gasteiger partial charge in [-0.2, -0.15) is 0 Å². The van der Waals surface area contributed by atoms with Crippen LogP contribution >= 0.6 is 0 Å². The first-order valence-electron chi connectivity index (χ1n) is 9.29. The van der Waals surface area contributed by atoms with Crippen LogP contribution in [0.15, 0.2) is 47.6 Å². The monoisotopic (exact) mass is 413 g/mol. The lowest BCUT2D eigenvalue weighted by atomic mass is 10.2. The third kappa shape index (κ3) is 2.91. The van der Waals surface area contributed by atoms with Gasteiger partial charge in [-0.1, -0.05) is 6.07 Å². The van der Waals surface area contributed by atoms with Crippen molar-refractivity contribution in [2.75, 3.05) is 43.0 Å². The summed E-state index contributed by atoms with van der Waals surface area (Å²) in [6.07, 6.45) is 3.27. The highest BCUT2D eigenvalue weighted by molar-refractivity contribution is 7.90. The van der Waals surface area contributed by atoms with E-state index < -0.39 is 10.0 Å². The maximum Gasteiger partial charge on any atom is 0.270 e. The molecule has 29 heavy (non-hydrogen) atoms. The average Bonchev–Trinajstić information content (AvgIpc) is 3.14. The van der Waals surface area contributed by atoms with E-state index in [0.29, 0.717) is 16.8 Å². The van der Waals surface area contributed by atoms with E-state index in [2.05, 4.69) is 20.5 Å². The second-order valence-electron chi connectivity index (χ2n) is 6.89. The number of carbonyl (C=O) groups excluding carboxylic acids is 1. The van der Waals surface area contributed by atoms with Crippen molar-refractivity contribution in [2.24, 2.45) is 0 Å². The molecule has 2 aromatic heterocycles. The summed E-state index contributed by atoms with van der Waals surface area (Å²) in [4.78, 5) is 18.4. The van der Waals surface area contributed by atoms with Gasteiger partial charge in [-0.05, 0) is 24.3 Å². The van der Waals surface area contributed by atoms with Crippen molar-refractivity contribution in [3.05, 3.63) is 42.7 Å². The number of carbonyl (C=O) groups is 1. The SMILES string of the molecule is O=C1COc2cccc(S(=O)(=O)n3cc(N4CCNCC4)c4ncccc43)c2N1. The standard InChI is InChI=1S/C19H19N5O4S/c25-17-12-28-15-4-1-5-16(19(15)22-17)29(26,27)24-11-14(23-9-7-20-8-10-23)18-13(24)3-2-6-21-18/h1-6,11,20H,7-10,12H2,(H,22,25). The minimum atomic E-state index is -4.01. The molecule has 10 heteroatoms. The number of nitrogens with one attached hydrogen (secondary N) is 2. The van der Waals surface area contributed by atoms with Crippen molar-refractivity contribution in [2.45, 2.75) is 4.90 Å². The number of para-hydroxylation sites is 1. The zero-order valence-electron chi connectivity index (χ0n) is 15.5. The van der Waals surface area contributed by atoms with Crippen molar-refractivity contribution in [3.8, 4) is 5.75 Å². The molecule has 0 atom stereocenters. The number of hydrogen-bond acceptors (Lipinski definition) is 7. The molecule has 9 nitrogen and oxygen atoms in total. The topological polar surface area (TPSA) is 106 Å². The minimum absolute atomic E-state index is 0.0179. The zero-order chi connectivity index (χ0) is 20.0. The number of pyridine rings is 1. The van der Waals surface area contributed by atoms with Gasteiger partial charge in [0, 0.05) is 38.6 Å². The summed E-state index contributed by atoms with van der Waals surface area (Å²) in [7, 11) is -4.01. The van der Waals surface area contributed by atoms with Crippen LogP contribution in [0.25, 0.3) is 11.0 Å². The predicted octanol–water partition coefficient (Wildman–Crippen LogP) is 1.01. The number of nitrogens with zero attached hydrogens (tertiary/aromatic N) is 3. The van der Waals surface area contributed by atoms with Crippen molar-refractivity contribution in [3.63, 3.8) is 0 Å². The highest BCUT2D eigenvalue weighted by Crippen LogP contribution is 2.37. The first-order chi connectivity index (χ1) is 14.1. The molecule has 5 rings (SSSR count). The van der Waals surface area contributed by atoms with Gasteiger partial charge in [-0.15, -0.1) is 0 Å². The minimum Gasteiger partial charge on any atom is -0.482 e. The number of fused-ring (bicyclic) bond motifs is 2. The Morgan fingerprint density at radius 1 is 1.10 bits per heavy atom. The Kier molecular flexibility index (Phi) is 4.18. The van der Waals surface area contributed by atoms with Gasteiger partial charge in [-0.25, -0.2) is 12.4 Å². The van der Waals surface area contributed by atoms with Gasteiger partial charge in [0.15, 0.2) is 6.61 Å². The molecule has 0 aliphatic carbocycles. The van der Waals surface area contributed by atoms with E-state index in [-0.39, 0.29) is 23.1 Å². The zero-order valence-corrected chi connectivity index (χ0v) is 16.3. The summed E-state index contributed by atoms with van der Waals surface area (Å²) < 4.78 is 33.9. The average molecular weight is 413 g/mol. The Hall–Kier alpha value is -3.11. The third-order valence-electron chi connectivity index (χ3n) is 5.11. The molecule has 2 N–H and O–H groups in total. The lowest BCUT2D eigenvalue weighted by Crippen LogP contribution is -2.43. The second kappa shape index (κ2) is 6.75. The molecule has 1 fully saturated rings. The molecule has 1 aromatic carbocycles. The van der Waals surface area contributed by atoms with Crippen LogP contribution in [0.5, 0.6) is 5.75 Å². The van der Waals surface area contributed by atoms with Crippen LogP contribution in [-0.2, 0) is 14.8 Å². The van der Waals surface area contributed by atoms with Crippen molar-refractivity contribution < 1.29 is 17.9 Å². The van der Waals surface area contributed by atoms with Crippen molar-refractivity contribution in [1.29, 1.82) is 0 Å². The maximum atomic E-state index is 13.6. The van der Waals surface area contributed by atoms with Crippen LogP contribution in [0.3, 0.4) is 0 Å². The van der Waals surface area contributed by atoms with Gasteiger partial charge < -0.3 is 20.3 Å². The Morgan fingerprint density at radius 2 is 1.93 bits per heavy atom. The van der Waals surface area contributed by atoms with E-state index in [1.807, 2.05) is 0 Å². The fourth-order valence-electron chi connectivity index (χ4n) is 3.74. The molecular formula is C19H19N5O4S. The number of rotatable bonds is 3. The largest absolute Gasteiger partial charge is 0.482 e. The first kappa shape index (κ1) is 18.0. The van der Waals surface area contributed by atoms with Gasteiger partial charge in [0.2, 0.25) is 0 Å². The van der Waals surface area contributed by atoms with E-state index in [9.17, 15) is 13.2 Å². The molecular weight excluding hydrogens is 394 g/mol. The van der Waals surface area contributed by atoms with E-state index in [4.69, 9.17) is 4.74 Å². The quantitative estimate of drug-likeness (QED) is 0.660. The molecule has 1 amide bonds. The van der Waals surface area contributed by atoms with E-state index >= 15 is 0 Å². The van der Waals surface area contributed by atoms with E-state index in [0.717, 1.165) is 31.9 Å². The molecule has 2 aliphatic heterocycles. The molecule has 0 saturated carbocycles. The Balaban J connectivity index is 1.69. The van der Waals surface area contributed by atoms with Crippen LogP contribution in [0, 0.1) is 0 Å². The third-order valence-corrected chi connectivity index (χ3v) is 6.83. The number of hydrogen-bond donors (Lipinski definition) is 2. The van der Waals surface area contributed by atoms with Crippen LogP contribution < -0.4 is 20.3 Å². The Bertz CT molecular complexity index is 1210. The lowest BCUT2D eigenvalue weighted by molar-refractivity contribution is -0.118. The number of amides is 1. The number of piperazine rings is 1. The second-order valence-corrected chi connectivity index (χ2v) is 8.67.